The minimum Gasteiger partial charge on any atom is -0.490 e. The second-order valence-corrected chi connectivity index (χ2v) is 27.9. The highest BCUT2D eigenvalue weighted by molar-refractivity contribution is 6.12. The van der Waals surface area contributed by atoms with Gasteiger partial charge in [-0.25, -0.2) is 9.97 Å². The quantitative estimate of drug-likeness (QED) is 0.0420. The third-order valence-corrected chi connectivity index (χ3v) is 16.4. The highest BCUT2D eigenvalue weighted by atomic mass is 16.5. The molecule has 0 saturated carbocycles. The van der Waals surface area contributed by atoms with Gasteiger partial charge < -0.3 is 47.9 Å². The number of benzene rings is 4. The van der Waals surface area contributed by atoms with Gasteiger partial charge in [-0.3, -0.25) is 0 Å². The van der Waals surface area contributed by atoms with Gasteiger partial charge in [0.15, 0.2) is 46.0 Å². The van der Waals surface area contributed by atoms with Gasteiger partial charge in [0, 0.05) is 65.9 Å². The molecule has 8 bridgehead atoms. The van der Waals surface area contributed by atoms with Crippen LogP contribution in [0.1, 0.15) is 162 Å². The van der Waals surface area contributed by atoms with Gasteiger partial charge in [-0.1, -0.05) is 111 Å². The summed E-state index contributed by atoms with van der Waals surface area (Å²) in [6.45, 7) is 40.1. The van der Waals surface area contributed by atoms with Crippen LogP contribution < -0.4 is 37.9 Å². The van der Waals surface area contributed by atoms with Crippen molar-refractivity contribution in [1.82, 2.24) is 19.9 Å². The first-order valence-corrected chi connectivity index (χ1v) is 33.3. The SMILES string of the molecule is CC(C)CCOc1cc2c(cc1OCCC(C)C)-c1cc3[nH]c(cc4nc(cc5[nH]c(cc-2n1)c1cc(OCCC(C)C)c(OCCC(C)C)cc51)-c1cc(OCCC(C)C)c(OCCC(C)C)cc1-4)c1cc(OCCC(C)C)c(OCCC(C)C)cc31. The van der Waals surface area contributed by atoms with Gasteiger partial charge in [-0.05, 0) is 172 Å². The Morgan fingerprint density at radius 2 is 0.398 bits per heavy atom. The maximum atomic E-state index is 6.73. The topological polar surface area (TPSA) is 131 Å². The fraction of sp³-hybridized carbons (Fsp3) is 0.526. The minimum absolute atomic E-state index is 0.467. The maximum Gasteiger partial charge on any atom is 0.161 e. The summed E-state index contributed by atoms with van der Waals surface area (Å²) in [6.07, 6.45) is 7.23. The molecule has 0 atom stereocenters. The first-order valence-electron chi connectivity index (χ1n) is 33.3. The lowest BCUT2D eigenvalue weighted by Gasteiger charge is -2.16. The van der Waals surface area contributed by atoms with Crippen LogP contribution in [0.2, 0.25) is 0 Å². The number of hydrogen-bond acceptors (Lipinski definition) is 10. The summed E-state index contributed by atoms with van der Waals surface area (Å²) >= 11 is 0. The number of rotatable bonds is 32. The highest BCUT2D eigenvalue weighted by Crippen LogP contribution is 2.48. The molecular weight excluding hydrogens is 1100 g/mol. The molecule has 0 amide bonds. The summed E-state index contributed by atoms with van der Waals surface area (Å²) in [6, 6.07) is 25.9. The Kier molecular flexibility index (Phi) is 22.2. The smallest absolute Gasteiger partial charge is 0.161 e. The Morgan fingerprint density at radius 3 is 0.557 bits per heavy atom. The van der Waals surface area contributed by atoms with Crippen molar-refractivity contribution in [3.63, 3.8) is 0 Å². The Morgan fingerprint density at radius 1 is 0.239 bits per heavy atom. The summed E-state index contributed by atoms with van der Waals surface area (Å²) < 4.78 is 53.8. The van der Waals surface area contributed by atoms with Crippen LogP contribution in [0.5, 0.6) is 46.0 Å². The van der Waals surface area contributed by atoms with Crippen molar-refractivity contribution in [2.45, 2.75) is 162 Å². The number of nitrogens with one attached hydrogen (secondary N) is 2. The number of fused-ring (bicyclic) bond motifs is 20. The molecule has 7 aromatic rings. The third-order valence-electron chi connectivity index (χ3n) is 16.4. The monoisotopic (exact) mass is 1200 g/mol. The van der Waals surface area contributed by atoms with E-state index in [1.54, 1.807) is 0 Å². The number of aromatic nitrogens is 4. The van der Waals surface area contributed by atoms with Crippen LogP contribution in [0, 0.1) is 47.3 Å². The second kappa shape index (κ2) is 29.9. The van der Waals surface area contributed by atoms with Crippen molar-refractivity contribution < 1.29 is 37.9 Å². The Hall–Kier alpha value is -7.08. The zero-order valence-corrected chi connectivity index (χ0v) is 56.0. The molecule has 2 aliphatic rings. The fourth-order valence-electron chi connectivity index (χ4n) is 10.6. The van der Waals surface area contributed by atoms with Crippen molar-refractivity contribution in [3.8, 4) is 91.0 Å². The summed E-state index contributed by atoms with van der Waals surface area (Å²) in [5.41, 5.74) is 10.3. The van der Waals surface area contributed by atoms with Crippen LogP contribution in [0.15, 0.2) is 72.8 Å². The standard InChI is InChI=1S/C76H102N4O8/c1-45(2)17-25-81-69-33-53-54(34-70(69)82-26-18-46(3)4)62-42-64-57-37-73(85-29-21-49(9)10)74(86-30-22-50(11)12)38-58(57)66(79-64)44-68-60-40-76(88-32-24-52(15)16)75(87-31-23-51(13)14)39-59(60)67(80-68)43-65-56-36-72(84-28-20-48(7)8)71(83-27-19-47(5)6)35-55(56)63(78-65)41-61(53)77-62/h33-52,77,80H,17-32H2,1-16H3. The van der Waals surface area contributed by atoms with E-state index in [2.05, 4.69) is 194 Å². The Labute approximate surface area is 525 Å². The van der Waals surface area contributed by atoms with E-state index in [1.165, 1.54) is 0 Å². The van der Waals surface area contributed by atoms with Crippen molar-refractivity contribution in [2.75, 3.05) is 52.9 Å². The molecule has 4 aromatic carbocycles. The molecule has 0 saturated heterocycles. The maximum absolute atomic E-state index is 6.73. The molecule has 12 heteroatoms. The van der Waals surface area contributed by atoms with Crippen molar-refractivity contribution >= 4 is 43.6 Å². The molecule has 0 spiro atoms. The second-order valence-electron chi connectivity index (χ2n) is 27.9. The summed E-state index contributed by atoms with van der Waals surface area (Å²) in [7, 11) is 0. The third kappa shape index (κ3) is 16.8. The van der Waals surface area contributed by atoms with Gasteiger partial charge >= 0.3 is 0 Å². The number of aromatic amines is 2. The lowest BCUT2D eigenvalue weighted by Crippen LogP contribution is -2.06. The molecule has 0 radical (unpaired) electrons. The van der Waals surface area contributed by atoms with E-state index in [4.69, 9.17) is 47.9 Å². The number of nitrogens with zero attached hydrogens (tertiary/aromatic N) is 2. The molecule has 12 nitrogen and oxygen atoms in total. The lowest BCUT2D eigenvalue weighted by molar-refractivity contribution is 0.247. The van der Waals surface area contributed by atoms with E-state index in [0.717, 1.165) is 140 Å². The zero-order chi connectivity index (χ0) is 62.8. The van der Waals surface area contributed by atoms with E-state index in [1.807, 2.05) is 0 Å². The van der Waals surface area contributed by atoms with Gasteiger partial charge in [-0.2, -0.15) is 0 Å². The number of hydrogen-bond donors (Lipinski definition) is 2. The van der Waals surface area contributed by atoms with Gasteiger partial charge in [0.2, 0.25) is 0 Å². The minimum atomic E-state index is 0.467. The van der Waals surface area contributed by atoms with Crippen molar-refractivity contribution in [1.29, 1.82) is 0 Å². The highest BCUT2D eigenvalue weighted by Gasteiger charge is 2.26. The lowest BCUT2D eigenvalue weighted by atomic mass is 10.0. The predicted molar refractivity (Wildman–Crippen MR) is 364 cm³/mol. The van der Waals surface area contributed by atoms with Crippen LogP contribution in [-0.2, 0) is 0 Å². The average molecular weight is 1200 g/mol. The van der Waals surface area contributed by atoms with Crippen LogP contribution in [0.25, 0.3) is 88.6 Å². The van der Waals surface area contributed by atoms with Gasteiger partial charge in [-0.15, -0.1) is 0 Å². The van der Waals surface area contributed by atoms with E-state index >= 15 is 0 Å². The van der Waals surface area contributed by atoms with Crippen LogP contribution in [0.4, 0.5) is 0 Å². The number of H-pyrrole nitrogens is 2. The zero-order valence-electron chi connectivity index (χ0n) is 56.0. The molecule has 5 heterocycles. The molecule has 9 rings (SSSR count). The Balaban J connectivity index is 1.41. The van der Waals surface area contributed by atoms with E-state index in [0.29, 0.717) is 146 Å². The molecule has 0 unspecified atom stereocenters. The largest absolute Gasteiger partial charge is 0.490 e. The predicted octanol–water partition coefficient (Wildman–Crippen LogP) is 20.7. The van der Waals surface area contributed by atoms with Gasteiger partial charge in [0.25, 0.3) is 0 Å². The molecule has 88 heavy (non-hydrogen) atoms. The van der Waals surface area contributed by atoms with Gasteiger partial charge in [0.1, 0.15) is 0 Å². The van der Waals surface area contributed by atoms with E-state index < -0.39 is 0 Å². The first-order chi connectivity index (χ1) is 42.2. The number of ether oxygens (including phenoxy) is 8. The average Bonchev–Trinajstić information content (AvgIpc) is 3.27. The van der Waals surface area contributed by atoms with Crippen LogP contribution >= 0.6 is 0 Å². The first kappa shape index (κ1) is 65.4. The van der Waals surface area contributed by atoms with E-state index in [9.17, 15) is 0 Å². The van der Waals surface area contributed by atoms with Crippen molar-refractivity contribution in [2.24, 2.45) is 47.3 Å². The summed E-state index contributed by atoms with van der Waals surface area (Å²) in [5.74, 6) is 9.37. The molecule has 2 N–H and O–H groups in total. The molecule has 2 aliphatic heterocycles. The molecule has 474 valence electrons. The normalized spacial score (nSPS) is 12.3. The summed E-state index contributed by atoms with van der Waals surface area (Å²) in [4.78, 5) is 19.2. The molecule has 0 aliphatic carbocycles. The van der Waals surface area contributed by atoms with Crippen LogP contribution in [-0.4, -0.2) is 72.8 Å². The Bertz CT molecular complexity index is 3200. The van der Waals surface area contributed by atoms with Crippen molar-refractivity contribution in [3.05, 3.63) is 72.8 Å². The molecule has 3 aromatic heterocycles. The molecular formula is C76H102N4O8. The van der Waals surface area contributed by atoms with Crippen LogP contribution in [0.3, 0.4) is 0 Å². The van der Waals surface area contributed by atoms with Gasteiger partial charge in [0.05, 0.1) is 75.6 Å². The fourth-order valence-corrected chi connectivity index (χ4v) is 10.6. The van der Waals surface area contributed by atoms with E-state index in [-0.39, 0.29) is 0 Å². The molecule has 0 fully saturated rings. The summed E-state index contributed by atoms with van der Waals surface area (Å²) in [5, 5.41) is 3.86.